The number of amides is 1. The number of hydrogen-bond donors (Lipinski definition) is 1. The van der Waals surface area contributed by atoms with Crippen LogP contribution in [0.5, 0.6) is 0 Å². The van der Waals surface area contributed by atoms with Crippen molar-refractivity contribution >= 4 is 15.9 Å². The maximum Gasteiger partial charge on any atom is 0.243 e. The van der Waals surface area contributed by atoms with Gasteiger partial charge in [-0.2, -0.15) is 9.57 Å². The summed E-state index contributed by atoms with van der Waals surface area (Å²) in [7, 11) is 0.597. The molecule has 1 aliphatic carbocycles. The van der Waals surface area contributed by atoms with Crippen molar-refractivity contribution in [1.82, 2.24) is 14.5 Å². The molecule has 0 spiro atoms. The fourth-order valence-electron chi connectivity index (χ4n) is 4.77. The summed E-state index contributed by atoms with van der Waals surface area (Å²) in [6.07, 6.45) is 8.15. The molecule has 0 unspecified atom stereocenters. The zero-order valence-corrected chi connectivity index (χ0v) is 19.5. The van der Waals surface area contributed by atoms with Crippen LogP contribution in [0.4, 0.5) is 0 Å². The van der Waals surface area contributed by atoms with Gasteiger partial charge < -0.3 is 10.2 Å². The smallest absolute Gasteiger partial charge is 0.243 e. The molecule has 1 aromatic rings. The van der Waals surface area contributed by atoms with Crippen molar-refractivity contribution in [3.8, 4) is 6.07 Å². The predicted molar refractivity (Wildman–Crippen MR) is 120 cm³/mol. The maximum atomic E-state index is 12.9. The minimum absolute atomic E-state index is 0.0196. The second-order valence-corrected chi connectivity index (χ2v) is 11.0. The largest absolute Gasteiger partial charge is 0.354 e. The molecule has 3 rings (SSSR count). The Hall–Kier alpha value is -1.95. The first-order valence-electron chi connectivity index (χ1n) is 11.2. The molecule has 2 aliphatic rings. The number of nitrogens with one attached hydrogen (secondary N) is 1. The van der Waals surface area contributed by atoms with E-state index in [1.807, 2.05) is 6.07 Å². The predicted octanol–water partition coefficient (Wildman–Crippen LogP) is 2.73. The van der Waals surface area contributed by atoms with Crippen LogP contribution >= 0.6 is 0 Å². The van der Waals surface area contributed by atoms with Crippen LogP contribution in [-0.4, -0.2) is 62.8 Å². The Balaban J connectivity index is 1.56. The Morgan fingerprint density at radius 2 is 1.71 bits per heavy atom. The van der Waals surface area contributed by atoms with E-state index in [1.165, 1.54) is 54.3 Å². The number of rotatable bonds is 6. The van der Waals surface area contributed by atoms with E-state index in [9.17, 15) is 13.2 Å². The van der Waals surface area contributed by atoms with Gasteiger partial charge in [-0.1, -0.05) is 25.7 Å². The normalized spacial score (nSPS) is 20.7. The summed E-state index contributed by atoms with van der Waals surface area (Å²) in [4.78, 5) is 15.3. The molecular weight excluding hydrogens is 412 g/mol. The zero-order chi connectivity index (χ0) is 22.5. The number of piperidine rings is 1. The highest BCUT2D eigenvalue weighted by molar-refractivity contribution is 7.89. The van der Waals surface area contributed by atoms with Gasteiger partial charge >= 0.3 is 0 Å². The highest BCUT2D eigenvalue weighted by Crippen LogP contribution is 2.31. The monoisotopic (exact) mass is 446 g/mol. The van der Waals surface area contributed by atoms with E-state index in [0.717, 1.165) is 12.8 Å². The minimum atomic E-state index is -3.61. The summed E-state index contributed by atoms with van der Waals surface area (Å²) in [6, 6.07) is 7.97. The van der Waals surface area contributed by atoms with Crippen molar-refractivity contribution in [2.75, 3.05) is 33.7 Å². The molecule has 0 radical (unpaired) electrons. The van der Waals surface area contributed by atoms with Gasteiger partial charge in [0.15, 0.2) is 0 Å². The highest BCUT2D eigenvalue weighted by atomic mass is 32.2. The first-order valence-corrected chi connectivity index (χ1v) is 12.7. The van der Waals surface area contributed by atoms with Gasteiger partial charge in [0, 0.05) is 31.1 Å². The summed E-state index contributed by atoms with van der Waals surface area (Å²) in [6.45, 7) is 1.32. The molecule has 1 saturated carbocycles. The Labute approximate surface area is 186 Å². The lowest BCUT2D eigenvalue weighted by Crippen LogP contribution is -2.53. The molecular formula is C23H34N4O3S. The Kier molecular flexibility index (Phi) is 7.73. The molecule has 1 heterocycles. The lowest BCUT2D eigenvalue weighted by Gasteiger charge is -2.40. The average Bonchev–Trinajstić information content (AvgIpc) is 3.04. The van der Waals surface area contributed by atoms with Crippen molar-refractivity contribution in [3.63, 3.8) is 0 Å². The van der Waals surface area contributed by atoms with Crippen molar-refractivity contribution in [2.45, 2.75) is 61.8 Å². The number of benzene rings is 1. The Morgan fingerprint density at radius 1 is 1.13 bits per heavy atom. The Bertz CT molecular complexity index is 890. The lowest BCUT2D eigenvalue weighted by molar-refractivity contribution is -0.126. The lowest BCUT2D eigenvalue weighted by atomic mass is 9.88. The van der Waals surface area contributed by atoms with Crippen LogP contribution in [0.1, 0.15) is 56.9 Å². The van der Waals surface area contributed by atoms with Gasteiger partial charge in [-0.3, -0.25) is 4.79 Å². The number of nitriles is 1. The van der Waals surface area contributed by atoms with Crippen LogP contribution in [0, 0.1) is 17.2 Å². The van der Waals surface area contributed by atoms with Crippen LogP contribution in [0.2, 0.25) is 0 Å². The molecule has 1 saturated heterocycles. The second kappa shape index (κ2) is 10.1. The molecule has 2 fully saturated rings. The van der Waals surface area contributed by atoms with Gasteiger partial charge in [0.05, 0.1) is 16.5 Å². The number of carbonyl (C=O) groups is 1. The Morgan fingerprint density at radius 3 is 2.23 bits per heavy atom. The van der Waals surface area contributed by atoms with E-state index in [4.69, 9.17) is 5.26 Å². The van der Waals surface area contributed by atoms with E-state index in [2.05, 4.69) is 24.3 Å². The average molecular weight is 447 g/mol. The minimum Gasteiger partial charge on any atom is -0.354 e. The first kappa shape index (κ1) is 23.7. The second-order valence-electron chi connectivity index (χ2n) is 9.07. The van der Waals surface area contributed by atoms with Crippen LogP contribution in [0.25, 0.3) is 0 Å². The van der Waals surface area contributed by atoms with E-state index in [1.54, 1.807) is 0 Å². The van der Waals surface area contributed by atoms with Gasteiger partial charge in [-0.25, -0.2) is 8.42 Å². The summed E-state index contributed by atoms with van der Waals surface area (Å²) >= 11 is 0. The SMILES string of the molecule is CN(C)C1(CNC(=O)C2CCN(S(=O)(=O)c3ccc(C#N)cc3)CC2)CCCCCC1. The number of likely N-dealkylation sites (N-methyl/N-ethyl adjacent to an activating group) is 1. The first-order chi connectivity index (χ1) is 14.8. The maximum absolute atomic E-state index is 12.9. The molecule has 7 nitrogen and oxygen atoms in total. The topological polar surface area (TPSA) is 93.5 Å². The van der Waals surface area contributed by atoms with E-state index >= 15 is 0 Å². The van der Waals surface area contributed by atoms with Crippen LogP contribution in [0.3, 0.4) is 0 Å². The third-order valence-corrected chi connectivity index (χ3v) is 8.93. The van der Waals surface area contributed by atoms with Crippen molar-refractivity contribution in [1.29, 1.82) is 5.26 Å². The molecule has 0 bridgehead atoms. The molecule has 1 N–H and O–H groups in total. The third kappa shape index (κ3) is 5.46. The number of sulfonamides is 1. The van der Waals surface area contributed by atoms with E-state index in [0.29, 0.717) is 38.0 Å². The molecule has 170 valence electrons. The van der Waals surface area contributed by atoms with E-state index < -0.39 is 10.0 Å². The highest BCUT2D eigenvalue weighted by Gasteiger charge is 2.36. The summed E-state index contributed by atoms with van der Waals surface area (Å²) in [5, 5.41) is 12.1. The molecule has 0 aromatic heterocycles. The third-order valence-electron chi connectivity index (χ3n) is 7.02. The standard InChI is InChI=1S/C23H34N4O3S/c1-26(2)23(13-5-3-4-6-14-23)18-25-22(28)20-11-15-27(16-12-20)31(29,30)21-9-7-19(17-24)8-10-21/h7-10,20H,3-6,11-16,18H2,1-2H3,(H,25,28). The number of nitrogens with zero attached hydrogens (tertiary/aromatic N) is 3. The van der Waals surface area contributed by atoms with Gasteiger partial charge in [-0.05, 0) is 64.0 Å². The fourth-order valence-corrected chi connectivity index (χ4v) is 6.24. The molecule has 31 heavy (non-hydrogen) atoms. The van der Waals surface area contributed by atoms with Crippen molar-refractivity contribution in [3.05, 3.63) is 29.8 Å². The molecule has 1 aliphatic heterocycles. The van der Waals surface area contributed by atoms with Gasteiger partial charge in [0.2, 0.25) is 15.9 Å². The van der Waals surface area contributed by atoms with Gasteiger partial charge in [0.1, 0.15) is 0 Å². The number of hydrogen-bond acceptors (Lipinski definition) is 5. The summed E-state index contributed by atoms with van der Waals surface area (Å²) < 4.78 is 27.2. The summed E-state index contributed by atoms with van der Waals surface area (Å²) in [5.41, 5.74) is 0.449. The zero-order valence-electron chi connectivity index (χ0n) is 18.6. The molecule has 1 amide bonds. The van der Waals surface area contributed by atoms with Crippen LogP contribution < -0.4 is 5.32 Å². The quantitative estimate of drug-likeness (QED) is 0.678. The fraction of sp³-hybridized carbons (Fsp3) is 0.652. The van der Waals surface area contributed by atoms with Crippen LogP contribution in [0.15, 0.2) is 29.2 Å². The number of carbonyl (C=O) groups excluding carboxylic acids is 1. The van der Waals surface area contributed by atoms with Crippen molar-refractivity contribution in [2.24, 2.45) is 5.92 Å². The molecule has 1 aromatic carbocycles. The summed E-state index contributed by atoms with van der Waals surface area (Å²) in [5.74, 6) is -0.113. The van der Waals surface area contributed by atoms with Crippen molar-refractivity contribution < 1.29 is 13.2 Å². The molecule has 8 heteroatoms. The van der Waals surface area contributed by atoms with E-state index in [-0.39, 0.29) is 22.3 Å². The van der Waals surface area contributed by atoms with Crippen LogP contribution in [-0.2, 0) is 14.8 Å². The van der Waals surface area contributed by atoms with Gasteiger partial charge in [-0.15, -0.1) is 0 Å². The van der Waals surface area contributed by atoms with Gasteiger partial charge in [0.25, 0.3) is 0 Å². The molecule has 0 atom stereocenters.